The standard InChI is InChI=1S/C14H19BrFNO/c15-10-4-5-11(12(16)8-10)13(18)14(9-17)6-2-1-3-7-14/h4-5,8,13,18H,1-3,6-7,9,17H2. The third-order valence-electron chi connectivity index (χ3n) is 4.09. The molecule has 2 nitrogen and oxygen atoms in total. The van der Waals surface area contributed by atoms with Crippen LogP contribution < -0.4 is 5.73 Å². The van der Waals surface area contributed by atoms with Crippen LogP contribution in [0.15, 0.2) is 22.7 Å². The molecule has 0 saturated heterocycles. The predicted octanol–water partition coefficient (Wildman–Crippen LogP) is 3.53. The molecule has 1 saturated carbocycles. The molecule has 0 aliphatic heterocycles. The van der Waals surface area contributed by atoms with Crippen molar-refractivity contribution in [2.75, 3.05) is 6.54 Å². The van der Waals surface area contributed by atoms with Crippen LogP contribution in [0.5, 0.6) is 0 Å². The summed E-state index contributed by atoms with van der Waals surface area (Å²) in [5.74, 6) is -0.365. The summed E-state index contributed by atoms with van der Waals surface area (Å²) in [5.41, 5.74) is 5.88. The predicted molar refractivity (Wildman–Crippen MR) is 73.6 cm³/mol. The van der Waals surface area contributed by atoms with Crippen molar-refractivity contribution in [2.45, 2.75) is 38.2 Å². The smallest absolute Gasteiger partial charge is 0.130 e. The van der Waals surface area contributed by atoms with Crippen LogP contribution in [-0.4, -0.2) is 11.7 Å². The first kappa shape index (κ1) is 14.0. The van der Waals surface area contributed by atoms with Gasteiger partial charge >= 0.3 is 0 Å². The molecule has 3 N–H and O–H groups in total. The van der Waals surface area contributed by atoms with Crippen LogP contribution in [-0.2, 0) is 0 Å². The van der Waals surface area contributed by atoms with Crippen molar-refractivity contribution in [2.24, 2.45) is 11.1 Å². The Hall–Kier alpha value is -0.450. The van der Waals surface area contributed by atoms with Crippen LogP contribution in [0.4, 0.5) is 4.39 Å². The number of nitrogens with two attached hydrogens (primary N) is 1. The van der Waals surface area contributed by atoms with Crippen molar-refractivity contribution in [1.82, 2.24) is 0 Å². The monoisotopic (exact) mass is 315 g/mol. The Morgan fingerprint density at radius 2 is 2.00 bits per heavy atom. The number of hydrogen-bond acceptors (Lipinski definition) is 2. The number of aliphatic hydroxyl groups excluding tert-OH is 1. The first-order valence-corrected chi connectivity index (χ1v) is 7.21. The van der Waals surface area contributed by atoms with Crippen LogP contribution in [0.25, 0.3) is 0 Å². The highest BCUT2D eigenvalue weighted by atomic mass is 79.9. The second-order valence-corrected chi connectivity index (χ2v) is 6.11. The zero-order chi connectivity index (χ0) is 13.2. The minimum Gasteiger partial charge on any atom is -0.388 e. The Balaban J connectivity index is 2.30. The molecule has 100 valence electrons. The summed E-state index contributed by atoms with van der Waals surface area (Å²) >= 11 is 3.23. The SMILES string of the molecule is NCC1(C(O)c2ccc(Br)cc2F)CCCCC1. The van der Waals surface area contributed by atoms with E-state index >= 15 is 0 Å². The molecule has 2 rings (SSSR count). The van der Waals surface area contributed by atoms with E-state index in [0.717, 1.165) is 25.7 Å². The van der Waals surface area contributed by atoms with E-state index < -0.39 is 6.10 Å². The zero-order valence-electron chi connectivity index (χ0n) is 10.3. The molecule has 1 aromatic rings. The maximum atomic E-state index is 13.9. The molecule has 0 amide bonds. The van der Waals surface area contributed by atoms with E-state index in [2.05, 4.69) is 15.9 Å². The fraction of sp³-hybridized carbons (Fsp3) is 0.571. The van der Waals surface area contributed by atoms with Gasteiger partial charge in [-0.3, -0.25) is 0 Å². The lowest BCUT2D eigenvalue weighted by Gasteiger charge is -2.40. The minimum absolute atomic E-state index is 0.354. The molecule has 18 heavy (non-hydrogen) atoms. The molecule has 0 spiro atoms. The molecule has 1 fully saturated rings. The van der Waals surface area contributed by atoms with E-state index in [9.17, 15) is 9.50 Å². The van der Waals surface area contributed by atoms with Crippen molar-refractivity contribution >= 4 is 15.9 Å². The first-order valence-electron chi connectivity index (χ1n) is 6.42. The van der Waals surface area contributed by atoms with Crippen molar-refractivity contribution < 1.29 is 9.50 Å². The largest absolute Gasteiger partial charge is 0.388 e. The lowest BCUT2D eigenvalue weighted by molar-refractivity contribution is -0.00154. The van der Waals surface area contributed by atoms with E-state index in [-0.39, 0.29) is 11.2 Å². The highest BCUT2D eigenvalue weighted by Crippen LogP contribution is 2.45. The second-order valence-electron chi connectivity index (χ2n) is 5.20. The van der Waals surface area contributed by atoms with Crippen LogP contribution in [0.2, 0.25) is 0 Å². The fourth-order valence-electron chi connectivity index (χ4n) is 2.90. The van der Waals surface area contributed by atoms with Crippen LogP contribution in [0.1, 0.15) is 43.8 Å². The zero-order valence-corrected chi connectivity index (χ0v) is 11.9. The maximum Gasteiger partial charge on any atom is 0.130 e. The molecule has 4 heteroatoms. The van der Waals surface area contributed by atoms with E-state index in [1.54, 1.807) is 12.1 Å². The third kappa shape index (κ3) is 2.60. The van der Waals surface area contributed by atoms with Gasteiger partial charge < -0.3 is 10.8 Å². The van der Waals surface area contributed by atoms with Gasteiger partial charge in [0.2, 0.25) is 0 Å². The quantitative estimate of drug-likeness (QED) is 0.896. The highest BCUT2D eigenvalue weighted by Gasteiger charge is 2.39. The Kier molecular flexibility index (Phi) is 4.41. The molecule has 1 aliphatic carbocycles. The Labute approximate surface area is 116 Å². The molecule has 1 unspecified atom stereocenters. The van der Waals surface area contributed by atoms with Crippen LogP contribution >= 0.6 is 15.9 Å². The van der Waals surface area contributed by atoms with Crippen LogP contribution in [0.3, 0.4) is 0 Å². The average Bonchev–Trinajstić information content (AvgIpc) is 2.39. The summed E-state index contributed by atoms with van der Waals surface area (Å²) in [6, 6.07) is 4.80. The fourth-order valence-corrected chi connectivity index (χ4v) is 3.23. The van der Waals surface area contributed by atoms with E-state index in [1.807, 2.05) is 0 Å². The van der Waals surface area contributed by atoms with Gasteiger partial charge in [-0.15, -0.1) is 0 Å². The Morgan fingerprint density at radius 3 is 2.56 bits per heavy atom. The Morgan fingerprint density at radius 1 is 1.33 bits per heavy atom. The molecular weight excluding hydrogens is 297 g/mol. The lowest BCUT2D eigenvalue weighted by Crippen LogP contribution is -2.39. The third-order valence-corrected chi connectivity index (χ3v) is 4.59. The van der Waals surface area contributed by atoms with Gasteiger partial charge in [-0.1, -0.05) is 41.3 Å². The minimum atomic E-state index is -0.809. The topological polar surface area (TPSA) is 46.2 Å². The van der Waals surface area contributed by atoms with Gasteiger partial charge in [0.15, 0.2) is 0 Å². The van der Waals surface area contributed by atoms with Gasteiger partial charge in [0.05, 0.1) is 6.10 Å². The van der Waals surface area contributed by atoms with Gasteiger partial charge in [0.25, 0.3) is 0 Å². The van der Waals surface area contributed by atoms with Crippen molar-refractivity contribution in [3.63, 3.8) is 0 Å². The number of rotatable bonds is 3. The van der Waals surface area contributed by atoms with Gasteiger partial charge in [0.1, 0.15) is 5.82 Å². The average molecular weight is 316 g/mol. The van der Waals surface area contributed by atoms with E-state index in [0.29, 0.717) is 16.6 Å². The summed E-state index contributed by atoms with van der Waals surface area (Å²) in [7, 11) is 0. The molecule has 0 bridgehead atoms. The summed E-state index contributed by atoms with van der Waals surface area (Å²) in [6.45, 7) is 0.406. The van der Waals surface area contributed by atoms with Gasteiger partial charge in [-0.05, 0) is 25.0 Å². The number of benzene rings is 1. The maximum absolute atomic E-state index is 13.9. The highest BCUT2D eigenvalue weighted by molar-refractivity contribution is 9.10. The van der Waals surface area contributed by atoms with Gasteiger partial charge in [-0.2, -0.15) is 0 Å². The first-order chi connectivity index (χ1) is 8.59. The molecule has 1 atom stereocenters. The number of hydrogen-bond donors (Lipinski definition) is 2. The molecular formula is C14H19BrFNO. The Bertz CT molecular complexity index is 418. The lowest BCUT2D eigenvalue weighted by atomic mass is 9.68. The summed E-state index contributed by atoms with van der Waals surface area (Å²) in [5, 5.41) is 10.5. The van der Waals surface area contributed by atoms with E-state index in [1.165, 1.54) is 12.5 Å². The van der Waals surface area contributed by atoms with Crippen LogP contribution in [0, 0.1) is 11.2 Å². The van der Waals surface area contributed by atoms with Gasteiger partial charge in [-0.25, -0.2) is 4.39 Å². The van der Waals surface area contributed by atoms with E-state index in [4.69, 9.17) is 5.73 Å². The molecule has 0 heterocycles. The molecule has 1 aliphatic rings. The summed E-state index contributed by atoms with van der Waals surface area (Å²) < 4.78 is 14.6. The van der Waals surface area contributed by atoms with Gasteiger partial charge in [0, 0.05) is 22.0 Å². The second kappa shape index (κ2) is 5.68. The summed E-state index contributed by atoms with van der Waals surface area (Å²) in [4.78, 5) is 0. The normalized spacial score (nSPS) is 20.7. The molecule has 0 aromatic heterocycles. The number of aliphatic hydroxyl groups is 1. The molecule has 1 aromatic carbocycles. The van der Waals surface area contributed by atoms with Crippen molar-refractivity contribution in [3.05, 3.63) is 34.1 Å². The molecule has 0 radical (unpaired) electrons. The number of halogens is 2. The van der Waals surface area contributed by atoms with Crippen molar-refractivity contribution in [3.8, 4) is 0 Å². The summed E-state index contributed by atoms with van der Waals surface area (Å²) in [6.07, 6.45) is 4.24. The van der Waals surface area contributed by atoms with Crippen molar-refractivity contribution in [1.29, 1.82) is 0 Å².